The van der Waals surface area contributed by atoms with E-state index in [-0.39, 0.29) is 37.0 Å². The van der Waals surface area contributed by atoms with E-state index >= 15 is 0 Å². The fraction of sp³-hybridized carbons (Fsp3) is 0.409. The molecule has 1 aliphatic rings. The Morgan fingerprint density at radius 3 is 2.52 bits per heavy atom. The molecule has 0 radical (unpaired) electrons. The van der Waals surface area contributed by atoms with E-state index in [0.29, 0.717) is 18.7 Å². The van der Waals surface area contributed by atoms with Crippen LogP contribution >= 0.6 is 0 Å². The summed E-state index contributed by atoms with van der Waals surface area (Å²) >= 11 is 0. The number of sulfonamides is 1. The average molecular weight is 451 g/mol. The van der Waals surface area contributed by atoms with Gasteiger partial charge < -0.3 is 14.4 Å². The number of rotatable bonds is 8. The smallest absolute Gasteiger partial charge is 0.254 e. The Hall–Kier alpha value is -2.33. The molecule has 9 heteroatoms. The number of amides is 1. The van der Waals surface area contributed by atoms with Crippen molar-refractivity contribution in [1.82, 2.24) is 9.21 Å². The molecule has 1 saturated heterocycles. The lowest BCUT2D eigenvalue weighted by Crippen LogP contribution is -2.51. The van der Waals surface area contributed by atoms with Crippen molar-refractivity contribution < 1.29 is 27.1 Å². The van der Waals surface area contributed by atoms with Gasteiger partial charge in [0.05, 0.1) is 24.2 Å². The molecule has 0 aliphatic carbocycles. The van der Waals surface area contributed by atoms with Gasteiger partial charge in [0.2, 0.25) is 10.0 Å². The molecule has 2 aromatic rings. The number of hydrogen-bond acceptors (Lipinski definition) is 5. The standard InChI is InChI=1S/C22H27FN2O5S/c1-17-3-5-18(6-4-17)22(26)24(11-13-29-2)15-20-16-25(12-14-30-20)31(27,28)21-9-7-19(23)8-10-21/h3-10,20H,11-16H2,1-2H3. The Labute approximate surface area is 182 Å². The molecule has 0 bridgehead atoms. The van der Waals surface area contributed by atoms with Crippen LogP contribution in [0.2, 0.25) is 0 Å². The largest absolute Gasteiger partial charge is 0.383 e. The second-order valence-electron chi connectivity index (χ2n) is 7.42. The van der Waals surface area contributed by atoms with Gasteiger partial charge in [-0.2, -0.15) is 4.31 Å². The van der Waals surface area contributed by atoms with Gasteiger partial charge in [0.15, 0.2) is 0 Å². The van der Waals surface area contributed by atoms with Gasteiger partial charge >= 0.3 is 0 Å². The fourth-order valence-electron chi connectivity index (χ4n) is 3.38. The number of morpholine rings is 1. The number of aryl methyl sites for hydroxylation is 1. The van der Waals surface area contributed by atoms with Crippen molar-refractivity contribution >= 4 is 15.9 Å². The quantitative estimate of drug-likeness (QED) is 0.617. The van der Waals surface area contributed by atoms with Crippen LogP contribution in [-0.2, 0) is 19.5 Å². The molecule has 0 spiro atoms. The van der Waals surface area contributed by atoms with E-state index in [9.17, 15) is 17.6 Å². The van der Waals surface area contributed by atoms with E-state index in [1.54, 1.807) is 24.1 Å². The van der Waals surface area contributed by atoms with Crippen molar-refractivity contribution in [2.24, 2.45) is 0 Å². The van der Waals surface area contributed by atoms with Crippen LogP contribution in [0.5, 0.6) is 0 Å². The molecule has 31 heavy (non-hydrogen) atoms. The van der Waals surface area contributed by atoms with Gasteiger partial charge in [0.1, 0.15) is 5.82 Å². The molecular weight excluding hydrogens is 423 g/mol. The minimum atomic E-state index is -3.78. The number of nitrogens with zero attached hydrogens (tertiary/aromatic N) is 2. The van der Waals surface area contributed by atoms with E-state index in [1.165, 1.54) is 16.4 Å². The summed E-state index contributed by atoms with van der Waals surface area (Å²) in [7, 11) is -2.22. The summed E-state index contributed by atoms with van der Waals surface area (Å²) in [5.41, 5.74) is 1.60. The number of benzene rings is 2. The molecule has 1 amide bonds. The number of halogens is 1. The van der Waals surface area contributed by atoms with Crippen molar-refractivity contribution in [1.29, 1.82) is 0 Å². The second kappa shape index (κ2) is 10.3. The van der Waals surface area contributed by atoms with Gasteiger partial charge in [-0.3, -0.25) is 4.79 Å². The molecule has 1 fully saturated rings. The zero-order valence-corrected chi connectivity index (χ0v) is 18.5. The molecule has 0 aromatic heterocycles. The van der Waals surface area contributed by atoms with Crippen LogP contribution in [0.4, 0.5) is 4.39 Å². The number of carbonyl (C=O) groups is 1. The maximum Gasteiger partial charge on any atom is 0.254 e. The van der Waals surface area contributed by atoms with E-state index in [2.05, 4.69) is 0 Å². The Morgan fingerprint density at radius 2 is 1.87 bits per heavy atom. The van der Waals surface area contributed by atoms with Crippen LogP contribution in [-0.4, -0.2) is 76.1 Å². The van der Waals surface area contributed by atoms with Crippen LogP contribution < -0.4 is 0 Å². The minimum absolute atomic E-state index is 0.0292. The van der Waals surface area contributed by atoms with Gasteiger partial charge in [-0.25, -0.2) is 12.8 Å². The van der Waals surface area contributed by atoms with Crippen LogP contribution in [0, 0.1) is 12.7 Å². The maximum absolute atomic E-state index is 13.2. The van der Waals surface area contributed by atoms with Crippen molar-refractivity contribution in [2.45, 2.75) is 17.9 Å². The van der Waals surface area contributed by atoms with Gasteiger partial charge in [-0.15, -0.1) is 0 Å². The minimum Gasteiger partial charge on any atom is -0.383 e. The summed E-state index contributed by atoms with van der Waals surface area (Å²) in [6, 6.07) is 12.0. The molecule has 7 nitrogen and oxygen atoms in total. The fourth-order valence-corrected chi connectivity index (χ4v) is 4.83. The van der Waals surface area contributed by atoms with E-state index in [0.717, 1.165) is 17.7 Å². The van der Waals surface area contributed by atoms with E-state index in [4.69, 9.17) is 9.47 Å². The van der Waals surface area contributed by atoms with Crippen LogP contribution in [0.1, 0.15) is 15.9 Å². The van der Waals surface area contributed by atoms with Gasteiger partial charge in [0, 0.05) is 38.9 Å². The monoisotopic (exact) mass is 450 g/mol. The molecule has 3 rings (SSSR count). The molecule has 0 saturated carbocycles. The summed E-state index contributed by atoms with van der Waals surface area (Å²) in [6.07, 6.45) is -0.491. The topological polar surface area (TPSA) is 76.2 Å². The average Bonchev–Trinajstić information content (AvgIpc) is 2.77. The number of methoxy groups -OCH3 is 1. The Bertz CT molecular complexity index is 980. The summed E-state index contributed by atoms with van der Waals surface area (Å²) in [6.45, 7) is 3.39. The number of carbonyl (C=O) groups excluding carboxylic acids is 1. The number of ether oxygens (including phenoxy) is 2. The highest BCUT2D eigenvalue weighted by atomic mass is 32.2. The highest BCUT2D eigenvalue weighted by molar-refractivity contribution is 7.89. The van der Waals surface area contributed by atoms with Crippen LogP contribution in [0.25, 0.3) is 0 Å². The van der Waals surface area contributed by atoms with Gasteiger partial charge in [-0.05, 0) is 43.3 Å². The first-order valence-electron chi connectivity index (χ1n) is 10.0. The van der Waals surface area contributed by atoms with Crippen LogP contribution in [0.15, 0.2) is 53.4 Å². The van der Waals surface area contributed by atoms with Gasteiger partial charge in [-0.1, -0.05) is 17.7 Å². The third kappa shape index (κ3) is 5.88. The molecule has 2 aromatic carbocycles. The predicted molar refractivity (Wildman–Crippen MR) is 114 cm³/mol. The van der Waals surface area contributed by atoms with Crippen LogP contribution in [0.3, 0.4) is 0 Å². The highest BCUT2D eigenvalue weighted by Gasteiger charge is 2.32. The van der Waals surface area contributed by atoms with Gasteiger partial charge in [0.25, 0.3) is 5.91 Å². The zero-order chi connectivity index (χ0) is 22.4. The lowest BCUT2D eigenvalue weighted by Gasteiger charge is -2.35. The first-order chi connectivity index (χ1) is 14.8. The Morgan fingerprint density at radius 1 is 1.19 bits per heavy atom. The molecular formula is C22H27FN2O5S. The molecule has 1 heterocycles. The SMILES string of the molecule is COCCN(CC1CN(S(=O)(=O)c2ccc(F)cc2)CCO1)C(=O)c1ccc(C)cc1. The molecule has 1 unspecified atom stereocenters. The second-order valence-corrected chi connectivity index (χ2v) is 9.36. The molecule has 1 atom stereocenters. The molecule has 0 N–H and O–H groups in total. The molecule has 168 valence electrons. The summed E-state index contributed by atoms with van der Waals surface area (Å²) in [5, 5.41) is 0. The van der Waals surface area contributed by atoms with E-state index in [1.807, 2.05) is 19.1 Å². The summed E-state index contributed by atoms with van der Waals surface area (Å²) < 4.78 is 51.3. The normalized spacial score (nSPS) is 17.5. The first kappa shape index (κ1) is 23.3. The summed E-state index contributed by atoms with van der Waals surface area (Å²) in [4.78, 5) is 14.7. The van der Waals surface area contributed by atoms with E-state index < -0.39 is 21.9 Å². The molecule has 1 aliphatic heterocycles. The van der Waals surface area contributed by atoms with Crippen molar-refractivity contribution in [3.8, 4) is 0 Å². The van der Waals surface area contributed by atoms with Crippen molar-refractivity contribution in [3.63, 3.8) is 0 Å². The predicted octanol–water partition coefficient (Wildman–Crippen LogP) is 2.31. The summed E-state index contributed by atoms with van der Waals surface area (Å²) in [5.74, 6) is -0.665. The third-order valence-electron chi connectivity index (χ3n) is 5.13. The highest BCUT2D eigenvalue weighted by Crippen LogP contribution is 2.20. The maximum atomic E-state index is 13.2. The third-order valence-corrected chi connectivity index (χ3v) is 7.01. The first-order valence-corrected chi connectivity index (χ1v) is 11.5. The Balaban J connectivity index is 1.73. The lowest BCUT2D eigenvalue weighted by molar-refractivity contribution is -0.0196. The van der Waals surface area contributed by atoms with Crippen molar-refractivity contribution in [3.05, 3.63) is 65.5 Å². The zero-order valence-electron chi connectivity index (χ0n) is 17.7. The lowest BCUT2D eigenvalue weighted by atomic mass is 10.1. The van der Waals surface area contributed by atoms with Crippen molar-refractivity contribution in [2.75, 3.05) is 46.5 Å². The Kier molecular flexibility index (Phi) is 7.77. The number of hydrogen-bond donors (Lipinski definition) is 0.